The van der Waals surface area contributed by atoms with E-state index in [1.54, 1.807) is 20.8 Å². The van der Waals surface area contributed by atoms with Crippen molar-refractivity contribution >= 4 is 40.3 Å². The van der Waals surface area contributed by atoms with Crippen molar-refractivity contribution in [1.82, 2.24) is 10.2 Å². The molecule has 0 spiro atoms. The van der Waals surface area contributed by atoms with Crippen molar-refractivity contribution < 1.29 is 57.2 Å². The lowest BCUT2D eigenvalue weighted by molar-refractivity contribution is -0.304. The van der Waals surface area contributed by atoms with Gasteiger partial charge in [0.15, 0.2) is 23.7 Å². The normalized spacial score (nSPS) is 38.8. The third kappa shape index (κ3) is 9.50. The Morgan fingerprint density at radius 1 is 0.983 bits per heavy atom. The molecule has 0 unspecified atom stereocenters. The SMILES string of the molecule is CC[C@H]1OC(=O)[C@H](C)[C@H]2OC/C(=N/Oc3ccc4ccccc4c3)CO[C@](C)(C[C@@H](C)C(=O)[C@H](C)[C@H]3NC(=O)O[C@@]31C)[C@H](O[C@@H]1O[C@H](C)C[C@H](N(C)C)[C@H]1OC(C)=O)[C@H]2C. The van der Waals surface area contributed by atoms with Crippen LogP contribution in [-0.2, 0) is 47.5 Å². The number of alkyl carbamates (subject to hydrolysis) is 1. The number of Topliss-reactive ketones (excluding diaryl/α,β-unsaturated/α-hetero) is 1. The second kappa shape index (κ2) is 18.4. The van der Waals surface area contributed by atoms with Crippen LogP contribution in [0, 0.1) is 23.7 Å². The standard InChI is InChI=1S/C45H63N3O12/c1-12-35-45(9)39(46-43(52)59-45)26(4)36(50)24(2)21-44(8)40(58-42-38(56-29(7)49)34(48(10)11)19-25(3)55-42)27(5)37(28(6)41(51)57-35)53-22-32(23-54-44)47-60-33-18-17-30-15-13-14-16-31(30)20-33/h13-18,20,24-28,34-35,37-40,42H,12,19,21-23H2,1-11H3,(H,46,52)/b47-32-/t24-,25-,26+,27+,28-,34+,35-,37+,38-,39-,40-,42+,44-,45-/m1/s1. The predicted octanol–water partition coefficient (Wildman–Crippen LogP) is 5.84. The maximum absolute atomic E-state index is 14.6. The summed E-state index contributed by atoms with van der Waals surface area (Å²) in [7, 11) is 3.82. The summed E-state index contributed by atoms with van der Waals surface area (Å²) in [5.74, 6) is -3.66. The molecule has 4 heterocycles. The van der Waals surface area contributed by atoms with Crippen molar-refractivity contribution in [1.29, 1.82) is 0 Å². The minimum atomic E-state index is -1.34. The van der Waals surface area contributed by atoms with Crippen molar-refractivity contribution in [3.05, 3.63) is 42.5 Å². The zero-order valence-corrected chi connectivity index (χ0v) is 36.8. The molecule has 0 aromatic heterocycles. The molecular formula is C45H63N3O12. The fourth-order valence-electron chi connectivity index (χ4n) is 9.74. The lowest BCUT2D eigenvalue weighted by Gasteiger charge is -2.49. The minimum absolute atomic E-state index is 0.0806. The van der Waals surface area contributed by atoms with Gasteiger partial charge in [0, 0.05) is 24.7 Å². The van der Waals surface area contributed by atoms with E-state index >= 15 is 0 Å². The predicted molar refractivity (Wildman–Crippen MR) is 221 cm³/mol. The van der Waals surface area contributed by atoms with Crippen molar-refractivity contribution in [2.75, 3.05) is 27.3 Å². The molecule has 1 amide bonds. The number of esters is 2. The number of cyclic esters (lactones) is 1. The molecule has 4 fully saturated rings. The number of carbonyl (C=O) groups is 4. The van der Waals surface area contributed by atoms with Gasteiger partial charge < -0.3 is 48.2 Å². The third-order valence-electron chi connectivity index (χ3n) is 12.9. The summed E-state index contributed by atoms with van der Waals surface area (Å²) in [5, 5.41) is 9.40. The van der Waals surface area contributed by atoms with Gasteiger partial charge in [-0.1, -0.05) is 63.2 Å². The molecular weight excluding hydrogens is 775 g/mol. The number of oxime groups is 1. The second-order valence-electron chi connectivity index (χ2n) is 17.8. The molecule has 0 aliphatic carbocycles. The highest BCUT2D eigenvalue weighted by atomic mass is 16.7. The summed E-state index contributed by atoms with van der Waals surface area (Å²) in [6.07, 6.45) is -4.53. The molecule has 0 radical (unpaired) electrons. The zero-order valence-electron chi connectivity index (χ0n) is 36.8. The number of likely N-dealkylation sites (N-methyl/N-ethyl adjacent to an activating group) is 1. The fraction of sp³-hybridized carbons (Fsp3) is 0.667. The summed E-state index contributed by atoms with van der Waals surface area (Å²) in [6.45, 7) is 15.7. The first-order valence-corrected chi connectivity index (χ1v) is 21.2. The van der Waals surface area contributed by atoms with E-state index in [0.717, 1.165) is 10.8 Å². The van der Waals surface area contributed by atoms with Crippen LogP contribution in [0.4, 0.5) is 4.79 Å². The molecule has 4 aliphatic heterocycles. The summed E-state index contributed by atoms with van der Waals surface area (Å²) >= 11 is 0. The monoisotopic (exact) mass is 837 g/mol. The summed E-state index contributed by atoms with van der Waals surface area (Å²) in [4.78, 5) is 62.5. The molecule has 330 valence electrons. The maximum atomic E-state index is 14.6. The molecule has 2 bridgehead atoms. The van der Waals surface area contributed by atoms with Gasteiger partial charge in [0.2, 0.25) is 0 Å². The first kappa shape index (κ1) is 45.4. The molecule has 14 atom stereocenters. The fourth-order valence-corrected chi connectivity index (χ4v) is 9.74. The van der Waals surface area contributed by atoms with E-state index in [2.05, 4.69) is 10.5 Å². The first-order chi connectivity index (χ1) is 28.3. The van der Waals surface area contributed by atoms with Crippen molar-refractivity contribution in [2.24, 2.45) is 28.8 Å². The molecule has 15 heteroatoms. The number of rotatable bonds is 7. The highest BCUT2D eigenvalue weighted by Gasteiger charge is 2.58. The molecule has 15 nitrogen and oxygen atoms in total. The minimum Gasteiger partial charge on any atom is -0.458 e. The molecule has 1 N–H and O–H groups in total. The van der Waals surface area contributed by atoms with Crippen LogP contribution in [-0.4, -0.2) is 122 Å². The van der Waals surface area contributed by atoms with E-state index < -0.39 is 89.7 Å². The zero-order chi connectivity index (χ0) is 43.7. The average molecular weight is 838 g/mol. The van der Waals surface area contributed by atoms with Crippen molar-refractivity contribution in [3.63, 3.8) is 0 Å². The Labute approximate surface area is 353 Å². The highest BCUT2D eigenvalue weighted by molar-refractivity contribution is 5.87. The summed E-state index contributed by atoms with van der Waals surface area (Å²) in [5.41, 5.74) is -2.24. The second-order valence-corrected chi connectivity index (χ2v) is 17.8. The Morgan fingerprint density at radius 2 is 1.70 bits per heavy atom. The van der Waals surface area contributed by atoms with E-state index in [1.165, 1.54) is 6.92 Å². The number of amides is 1. The van der Waals surface area contributed by atoms with Crippen LogP contribution >= 0.6 is 0 Å². The van der Waals surface area contributed by atoms with Crippen LogP contribution in [0.15, 0.2) is 47.6 Å². The Kier molecular flexibility index (Phi) is 14.0. The molecule has 2 aromatic carbocycles. The van der Waals surface area contributed by atoms with E-state index in [4.69, 9.17) is 38.0 Å². The van der Waals surface area contributed by atoms with Gasteiger partial charge in [-0.15, -0.1) is 0 Å². The molecule has 0 saturated carbocycles. The molecule has 4 saturated heterocycles. The van der Waals surface area contributed by atoms with Crippen LogP contribution in [0.25, 0.3) is 10.8 Å². The summed E-state index contributed by atoms with van der Waals surface area (Å²) < 4.78 is 45.3. The lowest BCUT2D eigenvalue weighted by atomic mass is 9.73. The van der Waals surface area contributed by atoms with Crippen LogP contribution in [0.3, 0.4) is 0 Å². The van der Waals surface area contributed by atoms with Gasteiger partial charge in [0.25, 0.3) is 0 Å². The Balaban J connectivity index is 1.46. The van der Waals surface area contributed by atoms with E-state index in [1.807, 2.05) is 96.1 Å². The lowest BCUT2D eigenvalue weighted by Crippen LogP contribution is -2.61. The third-order valence-corrected chi connectivity index (χ3v) is 12.9. The molecule has 2 aromatic rings. The van der Waals surface area contributed by atoms with E-state index in [0.29, 0.717) is 24.3 Å². The van der Waals surface area contributed by atoms with E-state index in [-0.39, 0.29) is 37.6 Å². The van der Waals surface area contributed by atoms with Gasteiger partial charge in [-0.25, -0.2) is 4.79 Å². The number of ketones is 1. The number of hydrogen-bond acceptors (Lipinski definition) is 14. The van der Waals surface area contributed by atoms with Gasteiger partial charge in [-0.05, 0) is 84.0 Å². The number of benzene rings is 2. The highest BCUT2D eigenvalue weighted by Crippen LogP contribution is 2.42. The molecule has 6 rings (SSSR count). The van der Waals surface area contributed by atoms with Gasteiger partial charge in [-0.3, -0.25) is 14.4 Å². The number of fused-ring (bicyclic) bond motifs is 5. The van der Waals surface area contributed by atoms with Gasteiger partial charge in [-0.2, -0.15) is 0 Å². The number of nitrogens with zero attached hydrogens (tertiary/aromatic N) is 2. The largest absolute Gasteiger partial charge is 0.458 e. The van der Waals surface area contributed by atoms with Crippen molar-refractivity contribution in [3.8, 4) is 5.75 Å². The topological polar surface area (TPSA) is 170 Å². The van der Waals surface area contributed by atoms with Crippen LogP contribution in [0.1, 0.15) is 81.6 Å². The maximum Gasteiger partial charge on any atom is 0.408 e. The quantitative estimate of drug-likeness (QED) is 0.201. The Bertz CT molecular complexity index is 1920. The molecule has 4 aliphatic rings. The number of ether oxygens (including phenoxy) is 7. The van der Waals surface area contributed by atoms with Gasteiger partial charge in [0.05, 0.1) is 55.1 Å². The van der Waals surface area contributed by atoms with E-state index in [9.17, 15) is 19.2 Å². The average Bonchev–Trinajstić information content (AvgIpc) is 3.53. The number of nitrogens with one attached hydrogen (secondary N) is 1. The van der Waals surface area contributed by atoms with Crippen LogP contribution in [0.5, 0.6) is 5.75 Å². The van der Waals surface area contributed by atoms with Gasteiger partial charge >= 0.3 is 18.0 Å². The Morgan fingerprint density at radius 3 is 2.38 bits per heavy atom. The van der Waals surface area contributed by atoms with Gasteiger partial charge in [0.1, 0.15) is 17.6 Å². The molecule has 60 heavy (non-hydrogen) atoms. The van der Waals surface area contributed by atoms with Crippen LogP contribution < -0.4 is 10.2 Å². The first-order valence-electron chi connectivity index (χ1n) is 21.2. The number of carbonyl (C=O) groups excluding carboxylic acids is 4. The number of hydrogen-bond donors (Lipinski definition) is 1. The smallest absolute Gasteiger partial charge is 0.408 e. The summed E-state index contributed by atoms with van der Waals surface area (Å²) in [6, 6.07) is 12.5. The van der Waals surface area contributed by atoms with Crippen LogP contribution in [0.2, 0.25) is 0 Å². The Hall–Kier alpha value is -4.15. The van der Waals surface area contributed by atoms with Crippen molar-refractivity contribution in [2.45, 2.75) is 142 Å².